The molecule has 3 heteroatoms. The van der Waals surface area contributed by atoms with Crippen molar-refractivity contribution in [3.8, 4) is 0 Å². The lowest BCUT2D eigenvalue weighted by atomic mass is 9.80. The third-order valence-corrected chi connectivity index (χ3v) is 5.64. The maximum atomic E-state index is 10.7. The lowest BCUT2D eigenvalue weighted by molar-refractivity contribution is -0.187. The predicted molar refractivity (Wildman–Crippen MR) is 82.5 cm³/mol. The SMILES string of the molecule is OC1(O)CCCSC1(c1ccccc1)c1ccccc1. The van der Waals surface area contributed by atoms with E-state index in [9.17, 15) is 10.2 Å². The minimum Gasteiger partial charge on any atom is -0.364 e. The molecule has 1 aliphatic rings. The Bertz CT molecular complexity index is 527. The van der Waals surface area contributed by atoms with E-state index in [4.69, 9.17) is 0 Å². The van der Waals surface area contributed by atoms with Crippen LogP contribution in [0, 0.1) is 0 Å². The van der Waals surface area contributed by atoms with E-state index in [1.807, 2.05) is 60.7 Å². The average Bonchev–Trinajstić information content (AvgIpc) is 2.49. The van der Waals surface area contributed by atoms with Gasteiger partial charge in [0.1, 0.15) is 4.75 Å². The lowest BCUT2D eigenvalue weighted by Gasteiger charge is -2.47. The average molecular weight is 286 g/mol. The van der Waals surface area contributed by atoms with E-state index >= 15 is 0 Å². The van der Waals surface area contributed by atoms with Crippen molar-refractivity contribution < 1.29 is 10.2 Å². The van der Waals surface area contributed by atoms with Gasteiger partial charge in [0.25, 0.3) is 0 Å². The van der Waals surface area contributed by atoms with Crippen LogP contribution in [0.2, 0.25) is 0 Å². The molecule has 0 saturated carbocycles. The summed E-state index contributed by atoms with van der Waals surface area (Å²) in [5, 5.41) is 21.5. The Labute approximate surface area is 123 Å². The van der Waals surface area contributed by atoms with Gasteiger partial charge < -0.3 is 10.2 Å². The van der Waals surface area contributed by atoms with E-state index in [1.165, 1.54) is 0 Å². The van der Waals surface area contributed by atoms with E-state index in [-0.39, 0.29) is 0 Å². The van der Waals surface area contributed by atoms with Crippen molar-refractivity contribution in [1.29, 1.82) is 0 Å². The molecule has 1 heterocycles. The molecule has 0 aromatic heterocycles. The van der Waals surface area contributed by atoms with Gasteiger partial charge in [-0.25, -0.2) is 0 Å². The van der Waals surface area contributed by atoms with Gasteiger partial charge in [0, 0.05) is 6.42 Å². The van der Waals surface area contributed by atoms with Crippen molar-refractivity contribution in [3.05, 3.63) is 71.8 Å². The zero-order valence-corrected chi connectivity index (χ0v) is 12.0. The lowest BCUT2D eigenvalue weighted by Crippen LogP contribution is -2.52. The molecule has 0 unspecified atom stereocenters. The summed E-state index contributed by atoms with van der Waals surface area (Å²) >= 11 is 1.62. The van der Waals surface area contributed by atoms with Gasteiger partial charge in [-0.1, -0.05) is 60.7 Å². The van der Waals surface area contributed by atoms with Crippen molar-refractivity contribution in [2.24, 2.45) is 0 Å². The van der Waals surface area contributed by atoms with Crippen molar-refractivity contribution in [3.63, 3.8) is 0 Å². The van der Waals surface area contributed by atoms with Gasteiger partial charge in [-0.05, 0) is 23.3 Å². The fraction of sp³-hybridized carbons (Fsp3) is 0.294. The Hall–Kier alpha value is -1.29. The summed E-state index contributed by atoms with van der Waals surface area (Å²) in [4.78, 5) is 0. The van der Waals surface area contributed by atoms with Gasteiger partial charge in [-0.15, -0.1) is 11.8 Å². The van der Waals surface area contributed by atoms with Gasteiger partial charge in [-0.2, -0.15) is 0 Å². The maximum absolute atomic E-state index is 10.7. The highest BCUT2D eigenvalue weighted by atomic mass is 32.2. The molecule has 2 N–H and O–H groups in total. The molecule has 0 bridgehead atoms. The fourth-order valence-electron chi connectivity index (χ4n) is 2.98. The number of aliphatic hydroxyl groups is 2. The smallest absolute Gasteiger partial charge is 0.186 e. The molecule has 0 aliphatic carbocycles. The molecule has 2 nitrogen and oxygen atoms in total. The second kappa shape index (κ2) is 5.24. The normalized spacial score (nSPS) is 20.5. The highest BCUT2D eigenvalue weighted by molar-refractivity contribution is 8.00. The molecule has 2 aromatic rings. The zero-order chi connectivity index (χ0) is 14.1. The molecule has 104 valence electrons. The summed E-state index contributed by atoms with van der Waals surface area (Å²) < 4.78 is -0.812. The molecule has 2 aromatic carbocycles. The molecule has 1 fully saturated rings. The van der Waals surface area contributed by atoms with Crippen LogP contribution in [0.4, 0.5) is 0 Å². The third-order valence-electron chi connectivity index (χ3n) is 3.91. The molecule has 0 spiro atoms. The maximum Gasteiger partial charge on any atom is 0.186 e. The van der Waals surface area contributed by atoms with E-state index in [2.05, 4.69) is 0 Å². The number of hydrogen-bond acceptors (Lipinski definition) is 3. The van der Waals surface area contributed by atoms with Gasteiger partial charge in [0.15, 0.2) is 5.79 Å². The third kappa shape index (κ3) is 2.06. The van der Waals surface area contributed by atoms with Gasteiger partial charge in [0.2, 0.25) is 0 Å². The summed E-state index contributed by atoms with van der Waals surface area (Å²) in [6.45, 7) is 0. The van der Waals surface area contributed by atoms with Gasteiger partial charge >= 0.3 is 0 Å². The first-order valence-electron chi connectivity index (χ1n) is 6.86. The summed E-state index contributed by atoms with van der Waals surface area (Å²) in [5.41, 5.74) is 1.89. The molecular weight excluding hydrogens is 268 g/mol. The van der Waals surface area contributed by atoms with Gasteiger partial charge in [0.05, 0.1) is 0 Å². The van der Waals surface area contributed by atoms with Crippen LogP contribution in [0.5, 0.6) is 0 Å². The molecule has 0 atom stereocenters. The minimum atomic E-state index is -1.74. The molecule has 0 radical (unpaired) electrons. The topological polar surface area (TPSA) is 40.5 Å². The predicted octanol–water partition coefficient (Wildman–Crippen LogP) is 3.14. The zero-order valence-electron chi connectivity index (χ0n) is 11.2. The van der Waals surface area contributed by atoms with E-state index in [0.717, 1.165) is 23.3 Å². The van der Waals surface area contributed by atoms with Crippen molar-refractivity contribution in [1.82, 2.24) is 0 Å². The summed E-state index contributed by atoms with van der Waals surface area (Å²) in [6, 6.07) is 19.6. The Balaban J connectivity index is 2.23. The van der Waals surface area contributed by atoms with E-state index in [1.54, 1.807) is 11.8 Å². The number of hydrogen-bond donors (Lipinski definition) is 2. The summed E-state index contributed by atoms with van der Waals surface area (Å²) in [6.07, 6.45) is 1.21. The highest BCUT2D eigenvalue weighted by Gasteiger charge is 2.54. The monoisotopic (exact) mass is 286 g/mol. The molecular formula is C17H18O2S. The number of benzene rings is 2. The van der Waals surface area contributed by atoms with E-state index in [0.29, 0.717) is 6.42 Å². The van der Waals surface area contributed by atoms with Gasteiger partial charge in [-0.3, -0.25) is 0 Å². The van der Waals surface area contributed by atoms with Crippen LogP contribution in [0.25, 0.3) is 0 Å². The van der Waals surface area contributed by atoms with Crippen molar-refractivity contribution >= 4 is 11.8 Å². The first-order chi connectivity index (χ1) is 9.67. The quantitative estimate of drug-likeness (QED) is 0.833. The largest absolute Gasteiger partial charge is 0.364 e. The van der Waals surface area contributed by atoms with Crippen molar-refractivity contribution in [2.45, 2.75) is 23.4 Å². The summed E-state index contributed by atoms with van der Waals surface area (Å²) in [7, 11) is 0. The van der Waals surface area contributed by atoms with Crippen LogP contribution in [-0.4, -0.2) is 21.8 Å². The Morgan fingerprint density at radius 2 is 1.30 bits per heavy atom. The van der Waals surface area contributed by atoms with Crippen molar-refractivity contribution in [2.75, 3.05) is 5.75 Å². The minimum absolute atomic E-state index is 0.393. The molecule has 0 amide bonds. The molecule has 20 heavy (non-hydrogen) atoms. The Kier molecular flexibility index (Phi) is 3.59. The Morgan fingerprint density at radius 1 is 0.800 bits per heavy atom. The van der Waals surface area contributed by atoms with Crippen LogP contribution in [0.1, 0.15) is 24.0 Å². The standard InChI is InChI=1S/C17H18O2S/c18-16(19)12-7-13-20-17(16,14-8-3-1-4-9-14)15-10-5-2-6-11-15/h1-6,8-11,18-19H,7,12-13H2. The molecule has 3 rings (SSSR count). The fourth-order valence-corrected chi connectivity index (χ4v) is 4.51. The number of rotatable bonds is 2. The Morgan fingerprint density at radius 3 is 1.75 bits per heavy atom. The first kappa shape index (κ1) is 13.7. The first-order valence-corrected chi connectivity index (χ1v) is 7.85. The van der Waals surface area contributed by atoms with Crippen LogP contribution < -0.4 is 0 Å². The van der Waals surface area contributed by atoms with E-state index < -0.39 is 10.5 Å². The second-order valence-electron chi connectivity index (χ2n) is 5.18. The molecule has 1 saturated heterocycles. The van der Waals surface area contributed by atoms with Crippen LogP contribution in [0.15, 0.2) is 60.7 Å². The molecule has 1 aliphatic heterocycles. The van der Waals surface area contributed by atoms with Crippen LogP contribution >= 0.6 is 11.8 Å². The second-order valence-corrected chi connectivity index (χ2v) is 6.49. The summed E-state index contributed by atoms with van der Waals surface area (Å²) in [5.74, 6) is -0.814. The highest BCUT2D eigenvalue weighted by Crippen LogP contribution is 2.54. The van der Waals surface area contributed by atoms with Crippen LogP contribution in [-0.2, 0) is 4.75 Å². The number of thioether (sulfide) groups is 1. The van der Waals surface area contributed by atoms with Crippen LogP contribution in [0.3, 0.4) is 0 Å².